The predicted octanol–water partition coefficient (Wildman–Crippen LogP) is 2.07. The molecule has 0 radical (unpaired) electrons. The molecule has 1 heterocycles. The third-order valence-corrected chi connectivity index (χ3v) is 4.05. The topological polar surface area (TPSA) is 77.1 Å². The molecule has 0 unspecified atom stereocenters. The Hall–Kier alpha value is -2.12. The van der Waals surface area contributed by atoms with Crippen LogP contribution in [0.15, 0.2) is 24.3 Å². The lowest BCUT2D eigenvalue weighted by Gasteiger charge is -2.26. The highest BCUT2D eigenvalue weighted by molar-refractivity contribution is 5.96. The molecule has 1 aliphatic heterocycles. The van der Waals surface area contributed by atoms with Gasteiger partial charge in [0.05, 0.1) is 13.2 Å². The van der Waals surface area contributed by atoms with Gasteiger partial charge in [-0.1, -0.05) is 6.92 Å². The van der Waals surface area contributed by atoms with E-state index in [1.807, 2.05) is 6.92 Å². The van der Waals surface area contributed by atoms with E-state index in [9.17, 15) is 9.59 Å². The molecule has 0 spiro atoms. The molecule has 2 amide bonds. The number of carbonyl (C=O) groups is 2. The van der Waals surface area contributed by atoms with Gasteiger partial charge in [-0.25, -0.2) is 0 Å². The predicted molar refractivity (Wildman–Crippen MR) is 98.3 cm³/mol. The average molecular weight is 364 g/mol. The first-order valence-corrected chi connectivity index (χ1v) is 8.96. The van der Waals surface area contributed by atoms with Crippen LogP contribution in [0.5, 0.6) is 5.75 Å². The van der Waals surface area contributed by atoms with Crippen molar-refractivity contribution < 1.29 is 23.8 Å². The summed E-state index contributed by atoms with van der Waals surface area (Å²) < 4.78 is 16.3. The van der Waals surface area contributed by atoms with Gasteiger partial charge >= 0.3 is 0 Å². The molecule has 1 saturated heterocycles. The van der Waals surface area contributed by atoms with Crippen LogP contribution in [0.25, 0.3) is 0 Å². The maximum absolute atomic E-state index is 12.3. The molecule has 1 aromatic rings. The largest absolute Gasteiger partial charge is 0.484 e. The second kappa shape index (κ2) is 9.54. The number of hydrogen-bond acceptors (Lipinski definition) is 5. The van der Waals surface area contributed by atoms with Gasteiger partial charge < -0.3 is 24.4 Å². The molecular formula is C19H28N2O5. The molecule has 26 heavy (non-hydrogen) atoms. The summed E-state index contributed by atoms with van der Waals surface area (Å²) >= 11 is 0. The van der Waals surface area contributed by atoms with E-state index < -0.39 is 5.60 Å². The highest BCUT2D eigenvalue weighted by atomic mass is 16.5. The zero-order chi connectivity index (χ0) is 19.0. The van der Waals surface area contributed by atoms with E-state index >= 15 is 0 Å². The third-order valence-electron chi connectivity index (χ3n) is 4.05. The first-order valence-electron chi connectivity index (χ1n) is 8.96. The summed E-state index contributed by atoms with van der Waals surface area (Å²) in [6, 6.07) is 6.93. The molecule has 1 N–H and O–H groups in total. The first-order chi connectivity index (χ1) is 12.4. The molecule has 0 atom stereocenters. The Morgan fingerprint density at radius 2 is 1.85 bits per heavy atom. The van der Waals surface area contributed by atoms with E-state index in [1.54, 1.807) is 43.0 Å². The summed E-state index contributed by atoms with van der Waals surface area (Å²) in [5, 5.41) is 2.83. The van der Waals surface area contributed by atoms with Crippen LogP contribution in [0.2, 0.25) is 0 Å². The van der Waals surface area contributed by atoms with Crippen molar-refractivity contribution in [1.82, 2.24) is 4.90 Å². The fourth-order valence-electron chi connectivity index (χ4n) is 2.39. The zero-order valence-corrected chi connectivity index (χ0v) is 15.7. The second-order valence-electron chi connectivity index (χ2n) is 6.62. The number of hydrogen-bond donors (Lipinski definition) is 1. The number of anilines is 1. The van der Waals surface area contributed by atoms with Crippen LogP contribution < -0.4 is 10.1 Å². The van der Waals surface area contributed by atoms with Gasteiger partial charge in [0.15, 0.2) is 6.61 Å². The van der Waals surface area contributed by atoms with Gasteiger partial charge in [0.1, 0.15) is 11.4 Å². The maximum atomic E-state index is 12.3. The summed E-state index contributed by atoms with van der Waals surface area (Å²) in [5.74, 6) is 0.314. The average Bonchev–Trinajstić information content (AvgIpc) is 2.66. The van der Waals surface area contributed by atoms with Crippen molar-refractivity contribution in [2.75, 3.05) is 44.8 Å². The molecule has 1 aliphatic rings. The molecule has 7 nitrogen and oxygen atoms in total. The fraction of sp³-hybridized carbons (Fsp3) is 0.579. The quantitative estimate of drug-likeness (QED) is 0.764. The lowest BCUT2D eigenvalue weighted by molar-refractivity contribution is -0.137. The Bertz CT molecular complexity index is 594. The van der Waals surface area contributed by atoms with E-state index in [0.717, 1.165) is 6.42 Å². The molecule has 0 aliphatic carbocycles. The van der Waals surface area contributed by atoms with Crippen LogP contribution >= 0.6 is 0 Å². The number of nitrogens with zero attached hydrogens (tertiary/aromatic N) is 1. The van der Waals surface area contributed by atoms with Crippen molar-refractivity contribution in [2.45, 2.75) is 32.8 Å². The zero-order valence-electron chi connectivity index (χ0n) is 15.7. The molecule has 0 saturated carbocycles. The van der Waals surface area contributed by atoms with Crippen molar-refractivity contribution in [2.24, 2.45) is 0 Å². The van der Waals surface area contributed by atoms with Gasteiger partial charge in [0.25, 0.3) is 11.8 Å². The number of morpholine rings is 1. The van der Waals surface area contributed by atoms with Crippen LogP contribution in [0, 0.1) is 0 Å². The van der Waals surface area contributed by atoms with Crippen molar-refractivity contribution in [3.63, 3.8) is 0 Å². The Labute approximate surface area is 154 Å². The Morgan fingerprint density at radius 3 is 2.46 bits per heavy atom. The lowest BCUT2D eigenvalue weighted by atomic mass is 10.1. The molecule has 0 aromatic heterocycles. The monoisotopic (exact) mass is 364 g/mol. The van der Waals surface area contributed by atoms with Crippen molar-refractivity contribution >= 4 is 17.5 Å². The molecule has 2 rings (SSSR count). The first kappa shape index (κ1) is 20.2. The van der Waals surface area contributed by atoms with E-state index in [0.29, 0.717) is 44.3 Å². The van der Waals surface area contributed by atoms with Gasteiger partial charge in [-0.2, -0.15) is 0 Å². The molecule has 144 valence electrons. The molecule has 1 fully saturated rings. The highest BCUT2D eigenvalue weighted by Crippen LogP contribution is 2.18. The summed E-state index contributed by atoms with van der Waals surface area (Å²) in [6.07, 6.45) is 0.853. The van der Waals surface area contributed by atoms with Crippen molar-refractivity contribution in [1.29, 1.82) is 0 Å². The normalized spacial score (nSPS) is 14.8. The molecule has 7 heteroatoms. The number of ether oxygens (including phenoxy) is 3. The summed E-state index contributed by atoms with van der Waals surface area (Å²) in [6.45, 7) is 8.34. The highest BCUT2D eigenvalue weighted by Gasteiger charge is 2.28. The van der Waals surface area contributed by atoms with Crippen LogP contribution in [0.4, 0.5) is 5.69 Å². The van der Waals surface area contributed by atoms with Crippen molar-refractivity contribution in [3.05, 3.63) is 24.3 Å². The summed E-state index contributed by atoms with van der Waals surface area (Å²) in [7, 11) is 0. The molecular weight excluding hydrogens is 336 g/mol. The fourth-order valence-corrected chi connectivity index (χ4v) is 2.39. The molecule has 1 aromatic carbocycles. The van der Waals surface area contributed by atoms with Gasteiger partial charge in [-0.15, -0.1) is 0 Å². The smallest absolute Gasteiger partial charge is 0.260 e. The van der Waals surface area contributed by atoms with Crippen molar-refractivity contribution in [3.8, 4) is 5.75 Å². The standard InChI is InChI=1S/C19H28N2O5/c1-4-11-26-19(2,3)18(23)20-15-5-7-16(8-6-15)25-14-17(22)21-9-12-24-13-10-21/h5-8H,4,9-14H2,1-3H3,(H,20,23). The maximum Gasteiger partial charge on any atom is 0.260 e. The minimum Gasteiger partial charge on any atom is -0.484 e. The van der Waals surface area contributed by atoms with Gasteiger partial charge in [0.2, 0.25) is 0 Å². The van der Waals surface area contributed by atoms with Crippen LogP contribution in [0.3, 0.4) is 0 Å². The number of carbonyl (C=O) groups excluding carboxylic acids is 2. The number of nitrogens with one attached hydrogen (secondary N) is 1. The summed E-state index contributed by atoms with van der Waals surface area (Å²) in [4.78, 5) is 26.1. The Kier molecular flexibility index (Phi) is 7.41. The van der Waals surface area contributed by atoms with Crippen LogP contribution in [0.1, 0.15) is 27.2 Å². The van der Waals surface area contributed by atoms with E-state index in [1.165, 1.54) is 0 Å². The number of benzene rings is 1. The number of rotatable bonds is 8. The summed E-state index contributed by atoms with van der Waals surface area (Å²) in [5.41, 5.74) is -0.245. The minimum atomic E-state index is -0.893. The van der Waals surface area contributed by atoms with Gasteiger partial charge in [-0.05, 0) is 44.5 Å². The molecule has 0 bridgehead atoms. The second-order valence-corrected chi connectivity index (χ2v) is 6.62. The van der Waals surface area contributed by atoms with E-state index in [-0.39, 0.29) is 18.4 Å². The van der Waals surface area contributed by atoms with E-state index in [4.69, 9.17) is 14.2 Å². The SMILES string of the molecule is CCCOC(C)(C)C(=O)Nc1ccc(OCC(=O)N2CCOCC2)cc1. The lowest BCUT2D eigenvalue weighted by Crippen LogP contribution is -2.42. The van der Waals surface area contributed by atoms with Gasteiger partial charge in [0, 0.05) is 25.4 Å². The Morgan fingerprint density at radius 1 is 1.19 bits per heavy atom. The minimum absolute atomic E-state index is 0.0103. The van der Waals surface area contributed by atoms with Gasteiger partial charge in [-0.3, -0.25) is 9.59 Å². The Balaban J connectivity index is 1.82. The van der Waals surface area contributed by atoms with E-state index in [2.05, 4.69) is 5.32 Å². The van der Waals surface area contributed by atoms with Crippen LogP contribution in [-0.4, -0.2) is 61.8 Å². The number of amides is 2. The third kappa shape index (κ3) is 6.00. The van der Waals surface area contributed by atoms with Crippen LogP contribution in [-0.2, 0) is 19.1 Å².